The lowest BCUT2D eigenvalue weighted by atomic mass is 9.96. The predicted molar refractivity (Wildman–Crippen MR) is 152 cm³/mol. The van der Waals surface area contributed by atoms with Crippen LogP contribution in [0, 0.1) is 0 Å². The molecule has 1 aliphatic rings. The number of hydrogen-bond donors (Lipinski definition) is 2. The van der Waals surface area contributed by atoms with Gasteiger partial charge in [0.15, 0.2) is 0 Å². The Balaban J connectivity index is 1.20. The number of nitrogens with zero attached hydrogens (tertiary/aromatic N) is 3. The van der Waals surface area contributed by atoms with E-state index in [1.807, 2.05) is 36.4 Å². The van der Waals surface area contributed by atoms with Gasteiger partial charge >= 0.3 is 12.4 Å². The number of nitrogens with one attached hydrogen (secondary N) is 1. The monoisotopic (exact) mass is 602 g/mol. The Bertz CT molecular complexity index is 1450. The first kappa shape index (κ1) is 30.9. The summed E-state index contributed by atoms with van der Waals surface area (Å²) in [5, 5.41) is 13.7. The molecule has 2 heterocycles. The van der Waals surface area contributed by atoms with Crippen LogP contribution in [0.2, 0.25) is 0 Å². The van der Waals surface area contributed by atoms with Crippen molar-refractivity contribution in [2.75, 3.05) is 45.8 Å². The third-order valence-electron chi connectivity index (χ3n) is 7.77. The second-order valence-electron chi connectivity index (χ2n) is 10.6. The fraction of sp³-hybridized carbons (Fsp3) is 0.344. The Morgan fingerprint density at radius 2 is 1.37 bits per heavy atom. The first-order chi connectivity index (χ1) is 20.5. The van der Waals surface area contributed by atoms with E-state index in [2.05, 4.69) is 44.4 Å². The van der Waals surface area contributed by atoms with Gasteiger partial charge in [-0.15, -0.1) is 0 Å². The third-order valence-corrected chi connectivity index (χ3v) is 7.77. The van der Waals surface area contributed by atoms with Gasteiger partial charge in [0, 0.05) is 51.2 Å². The van der Waals surface area contributed by atoms with E-state index in [0.29, 0.717) is 25.2 Å². The zero-order valence-electron chi connectivity index (χ0n) is 23.2. The second-order valence-corrected chi connectivity index (χ2v) is 10.6. The number of rotatable bonds is 9. The van der Waals surface area contributed by atoms with Gasteiger partial charge in [-0.25, -0.2) is 4.98 Å². The molecular weight excluding hydrogens is 570 g/mol. The summed E-state index contributed by atoms with van der Waals surface area (Å²) in [4.78, 5) is 7.99. The van der Waals surface area contributed by atoms with Crippen LogP contribution < -0.4 is 5.32 Å². The molecule has 228 valence electrons. The van der Waals surface area contributed by atoms with Crippen LogP contribution in [0.15, 0.2) is 84.9 Å². The van der Waals surface area contributed by atoms with Crippen molar-refractivity contribution in [1.29, 1.82) is 0 Å². The third kappa shape index (κ3) is 7.35. The molecule has 1 atom stereocenters. The van der Waals surface area contributed by atoms with E-state index in [9.17, 15) is 31.4 Å². The highest BCUT2D eigenvalue weighted by Crippen LogP contribution is 2.39. The van der Waals surface area contributed by atoms with Crippen LogP contribution in [0.25, 0.3) is 10.9 Å². The quantitative estimate of drug-likeness (QED) is 0.174. The van der Waals surface area contributed by atoms with E-state index in [0.717, 1.165) is 32.2 Å². The largest absolute Gasteiger partial charge is 0.433 e. The Morgan fingerprint density at radius 1 is 0.767 bits per heavy atom. The number of halogens is 6. The van der Waals surface area contributed by atoms with Gasteiger partial charge in [0.1, 0.15) is 5.69 Å². The lowest BCUT2D eigenvalue weighted by molar-refractivity contribution is -0.142. The molecule has 2 N–H and O–H groups in total. The molecule has 5 rings (SSSR count). The van der Waals surface area contributed by atoms with Crippen LogP contribution >= 0.6 is 0 Å². The molecule has 0 saturated carbocycles. The molecule has 0 amide bonds. The highest BCUT2D eigenvalue weighted by molar-refractivity contribution is 5.86. The summed E-state index contributed by atoms with van der Waals surface area (Å²) in [6.45, 7) is 4.25. The summed E-state index contributed by atoms with van der Waals surface area (Å²) >= 11 is 0. The highest BCUT2D eigenvalue weighted by Gasteiger charge is 2.38. The van der Waals surface area contributed by atoms with Gasteiger partial charge < -0.3 is 10.4 Å². The summed E-state index contributed by atoms with van der Waals surface area (Å²) in [6, 6.07) is 24.5. The molecule has 0 spiro atoms. The van der Waals surface area contributed by atoms with Crippen molar-refractivity contribution in [2.45, 2.75) is 24.5 Å². The van der Waals surface area contributed by atoms with Crippen LogP contribution in [0.3, 0.4) is 0 Å². The molecule has 5 nitrogen and oxygen atoms in total. The van der Waals surface area contributed by atoms with Gasteiger partial charge in [0.25, 0.3) is 0 Å². The Hall–Kier alpha value is -3.51. The van der Waals surface area contributed by atoms with Crippen molar-refractivity contribution >= 4 is 10.9 Å². The molecule has 0 unspecified atom stereocenters. The standard InChI is InChI=1S/C32H32F6N4O/c33-31(34,35)26-13-7-12-24-25(20-28(32(36,37)38)40-29(24)26)27(43)21-39-14-15-41-16-18-42(19-17-41)30(22-8-3-1-4-9-22)23-10-5-2-6-11-23/h1-13,20,27,30,39,43H,14-19,21H2/t27-/m1/s1. The number of fused-ring (bicyclic) bond motifs is 1. The average Bonchev–Trinajstić information content (AvgIpc) is 2.99. The maximum Gasteiger partial charge on any atom is 0.433 e. The van der Waals surface area contributed by atoms with Gasteiger partial charge in [0.2, 0.25) is 0 Å². The van der Waals surface area contributed by atoms with Crippen molar-refractivity contribution < 1.29 is 31.4 Å². The van der Waals surface area contributed by atoms with E-state index < -0.39 is 35.2 Å². The first-order valence-electron chi connectivity index (χ1n) is 14.1. The van der Waals surface area contributed by atoms with Gasteiger partial charge in [0.05, 0.1) is 23.2 Å². The van der Waals surface area contributed by atoms with Crippen molar-refractivity contribution in [2.24, 2.45) is 0 Å². The van der Waals surface area contributed by atoms with Crippen molar-refractivity contribution in [3.8, 4) is 0 Å². The summed E-state index contributed by atoms with van der Waals surface area (Å²) in [5.41, 5.74) is -1.40. The molecule has 1 aliphatic heterocycles. The molecule has 1 fully saturated rings. The summed E-state index contributed by atoms with van der Waals surface area (Å²) in [7, 11) is 0. The van der Waals surface area contributed by atoms with Crippen LogP contribution in [0.1, 0.15) is 40.1 Å². The van der Waals surface area contributed by atoms with Crippen LogP contribution in [0.4, 0.5) is 26.3 Å². The predicted octanol–water partition coefficient (Wildman–Crippen LogP) is 6.30. The molecule has 11 heteroatoms. The SMILES string of the molecule is O[C@H](CNCCN1CCN(C(c2ccccc2)c2ccccc2)CC1)c1cc(C(F)(F)F)nc2c(C(F)(F)F)cccc12. The van der Waals surface area contributed by atoms with Gasteiger partial charge in [-0.3, -0.25) is 9.80 Å². The summed E-state index contributed by atoms with van der Waals surface area (Å²) < 4.78 is 81.2. The fourth-order valence-corrected chi connectivity index (χ4v) is 5.64. The molecule has 1 aromatic heterocycles. The zero-order valence-corrected chi connectivity index (χ0v) is 23.2. The topological polar surface area (TPSA) is 51.6 Å². The maximum atomic E-state index is 13.5. The van der Waals surface area contributed by atoms with Crippen LogP contribution in [0.5, 0.6) is 0 Å². The van der Waals surface area contributed by atoms with E-state index >= 15 is 0 Å². The normalized spacial score (nSPS) is 16.2. The number of para-hydroxylation sites is 1. The minimum Gasteiger partial charge on any atom is -0.387 e. The number of aromatic nitrogens is 1. The van der Waals surface area contributed by atoms with Crippen LogP contribution in [-0.4, -0.2) is 65.7 Å². The van der Waals surface area contributed by atoms with Gasteiger partial charge in [-0.1, -0.05) is 72.8 Å². The van der Waals surface area contributed by atoms with Crippen molar-refractivity contribution in [1.82, 2.24) is 20.1 Å². The Kier molecular flexibility index (Phi) is 9.36. The summed E-state index contributed by atoms with van der Waals surface area (Å²) in [5.74, 6) is 0. The van der Waals surface area contributed by atoms with E-state index in [4.69, 9.17) is 0 Å². The smallest absolute Gasteiger partial charge is 0.387 e. The maximum absolute atomic E-state index is 13.5. The second kappa shape index (κ2) is 13.0. The average molecular weight is 603 g/mol. The molecule has 4 aromatic rings. The Labute approximate surface area is 245 Å². The molecule has 0 radical (unpaired) electrons. The number of hydrogen-bond acceptors (Lipinski definition) is 5. The van der Waals surface area contributed by atoms with E-state index in [1.165, 1.54) is 17.2 Å². The molecule has 3 aromatic carbocycles. The van der Waals surface area contributed by atoms with E-state index in [-0.39, 0.29) is 23.5 Å². The Morgan fingerprint density at radius 3 is 1.93 bits per heavy atom. The summed E-state index contributed by atoms with van der Waals surface area (Å²) in [6.07, 6.45) is -11.3. The minimum absolute atomic E-state index is 0.128. The molecule has 1 saturated heterocycles. The molecule has 0 bridgehead atoms. The van der Waals surface area contributed by atoms with Gasteiger partial charge in [-0.2, -0.15) is 26.3 Å². The lowest BCUT2D eigenvalue weighted by Crippen LogP contribution is -2.49. The first-order valence-corrected chi connectivity index (χ1v) is 14.1. The van der Waals surface area contributed by atoms with Crippen LogP contribution in [-0.2, 0) is 12.4 Å². The van der Waals surface area contributed by atoms with Crippen molar-refractivity contribution in [3.05, 3.63) is 113 Å². The van der Waals surface area contributed by atoms with Crippen molar-refractivity contribution in [3.63, 3.8) is 0 Å². The number of benzene rings is 3. The lowest BCUT2D eigenvalue weighted by Gasteiger charge is -2.40. The number of aliphatic hydroxyl groups excluding tert-OH is 1. The van der Waals surface area contributed by atoms with E-state index in [1.54, 1.807) is 0 Å². The highest BCUT2D eigenvalue weighted by atomic mass is 19.4. The number of piperazine rings is 1. The molecule has 43 heavy (non-hydrogen) atoms. The minimum atomic E-state index is -4.98. The number of alkyl halides is 6. The molecular formula is C32H32F6N4O. The fourth-order valence-electron chi connectivity index (χ4n) is 5.64. The molecule has 0 aliphatic carbocycles. The number of pyridine rings is 1. The number of aliphatic hydroxyl groups is 1. The zero-order chi connectivity index (χ0) is 30.6. The van der Waals surface area contributed by atoms with Gasteiger partial charge in [-0.05, 0) is 28.8 Å².